The molecule has 1 atom stereocenters. The van der Waals surface area contributed by atoms with Crippen molar-refractivity contribution in [3.8, 4) is 23.2 Å². The second-order valence-corrected chi connectivity index (χ2v) is 9.68. The second kappa shape index (κ2) is 10.1. The molecule has 1 unspecified atom stereocenters. The molecule has 0 bridgehead atoms. The average Bonchev–Trinajstić information content (AvgIpc) is 3.35. The average molecular weight is 536 g/mol. The lowest BCUT2D eigenvalue weighted by Crippen LogP contribution is -2.28. The molecule has 1 aliphatic rings. The number of primary sulfonamides is 1. The Morgan fingerprint density at radius 1 is 1.03 bits per heavy atom. The number of para-hydroxylation sites is 1. The molecule has 12 nitrogen and oxygen atoms in total. The molecule has 0 radical (unpaired) electrons. The van der Waals surface area contributed by atoms with Crippen LogP contribution in [0.4, 0.5) is 5.69 Å². The molecule has 1 aromatic carbocycles. The Kier molecular flexibility index (Phi) is 6.70. The van der Waals surface area contributed by atoms with Crippen molar-refractivity contribution in [3.05, 3.63) is 77.9 Å². The fraction of sp³-hybridized carbons (Fsp3) is 0.200. The van der Waals surface area contributed by atoms with Crippen LogP contribution in [-0.4, -0.2) is 53.7 Å². The maximum Gasteiger partial charge on any atom is 0.237 e. The molecule has 3 aromatic heterocycles. The molecule has 2 N–H and O–H groups in total. The van der Waals surface area contributed by atoms with Crippen LogP contribution in [0.15, 0.2) is 72.2 Å². The molecule has 0 aliphatic carbocycles. The zero-order chi connectivity index (χ0) is 26.9. The van der Waals surface area contributed by atoms with Crippen molar-refractivity contribution in [1.29, 1.82) is 0 Å². The summed E-state index contributed by atoms with van der Waals surface area (Å²) >= 11 is 0. The van der Waals surface area contributed by atoms with Crippen LogP contribution in [0, 0.1) is 0 Å². The molecule has 4 heterocycles. The molecular formula is C25H25N7O5S. The third kappa shape index (κ3) is 4.64. The van der Waals surface area contributed by atoms with E-state index in [-0.39, 0.29) is 4.91 Å². The standard InChI is InChI=1S/C25H25N7O5S/c1-4-37-22-10-6-9-21(30-22)32-15-28-24-25(32)29-17(14-27-24)18-13-16(38(26,33)34)11-12-31(18)23-19(35-2)7-5-8-20(23)36-3/h5-15,18H,4H2,1-3H3,(H2,26,33,34). The Balaban J connectivity index is 1.67. The van der Waals surface area contributed by atoms with Gasteiger partial charge in [-0.3, -0.25) is 4.57 Å². The number of imidazole rings is 1. The summed E-state index contributed by atoms with van der Waals surface area (Å²) in [5.41, 5.74) is 1.82. The number of pyridine rings is 1. The minimum absolute atomic E-state index is 0.0610. The van der Waals surface area contributed by atoms with Gasteiger partial charge in [0.2, 0.25) is 15.9 Å². The van der Waals surface area contributed by atoms with Gasteiger partial charge in [-0.15, -0.1) is 0 Å². The van der Waals surface area contributed by atoms with E-state index in [9.17, 15) is 8.42 Å². The van der Waals surface area contributed by atoms with Crippen molar-refractivity contribution < 1.29 is 22.6 Å². The first kappa shape index (κ1) is 25.2. The van der Waals surface area contributed by atoms with E-state index < -0.39 is 16.1 Å². The van der Waals surface area contributed by atoms with E-state index in [1.165, 1.54) is 12.2 Å². The lowest BCUT2D eigenvalue weighted by atomic mass is 10.1. The van der Waals surface area contributed by atoms with Crippen LogP contribution >= 0.6 is 0 Å². The molecule has 196 valence electrons. The highest BCUT2D eigenvalue weighted by molar-refractivity contribution is 7.93. The van der Waals surface area contributed by atoms with Gasteiger partial charge in [-0.2, -0.15) is 4.98 Å². The van der Waals surface area contributed by atoms with Crippen molar-refractivity contribution in [2.24, 2.45) is 5.14 Å². The number of allylic oxidation sites excluding steroid dienone is 1. The van der Waals surface area contributed by atoms with Crippen LogP contribution in [-0.2, 0) is 10.0 Å². The molecule has 38 heavy (non-hydrogen) atoms. The summed E-state index contributed by atoms with van der Waals surface area (Å²) in [5, 5.41) is 5.47. The minimum Gasteiger partial charge on any atom is -0.494 e. The summed E-state index contributed by atoms with van der Waals surface area (Å²) in [4.78, 5) is 19.9. The van der Waals surface area contributed by atoms with Gasteiger partial charge in [0.15, 0.2) is 11.3 Å². The normalized spacial score (nSPS) is 15.4. The lowest BCUT2D eigenvalue weighted by molar-refractivity contribution is 0.326. The molecule has 0 saturated carbocycles. The highest BCUT2D eigenvalue weighted by Gasteiger charge is 2.30. The van der Waals surface area contributed by atoms with E-state index in [0.717, 1.165) is 0 Å². The number of nitrogens with zero attached hydrogens (tertiary/aromatic N) is 6. The van der Waals surface area contributed by atoms with Crippen LogP contribution in [0.3, 0.4) is 0 Å². The van der Waals surface area contributed by atoms with Crippen LogP contribution in [0.2, 0.25) is 0 Å². The van der Waals surface area contributed by atoms with Crippen molar-refractivity contribution >= 4 is 27.0 Å². The van der Waals surface area contributed by atoms with Gasteiger partial charge in [-0.25, -0.2) is 28.5 Å². The summed E-state index contributed by atoms with van der Waals surface area (Å²) in [7, 11) is -0.917. The van der Waals surface area contributed by atoms with Gasteiger partial charge >= 0.3 is 0 Å². The number of aromatic nitrogens is 5. The van der Waals surface area contributed by atoms with E-state index in [1.807, 2.05) is 13.0 Å². The number of fused-ring (bicyclic) bond motifs is 1. The molecule has 5 rings (SSSR count). The van der Waals surface area contributed by atoms with Gasteiger partial charge in [0.25, 0.3) is 0 Å². The van der Waals surface area contributed by atoms with Gasteiger partial charge in [0, 0.05) is 12.3 Å². The Morgan fingerprint density at radius 2 is 1.76 bits per heavy atom. The maximum atomic E-state index is 12.3. The minimum atomic E-state index is -4.00. The third-order valence-electron chi connectivity index (χ3n) is 5.84. The first-order valence-electron chi connectivity index (χ1n) is 11.6. The zero-order valence-corrected chi connectivity index (χ0v) is 21.7. The van der Waals surface area contributed by atoms with E-state index in [2.05, 4.69) is 15.0 Å². The Hall–Kier alpha value is -4.49. The molecule has 1 aliphatic heterocycles. The third-order valence-corrected chi connectivity index (χ3v) is 6.77. The van der Waals surface area contributed by atoms with Crippen LogP contribution < -0.4 is 24.2 Å². The first-order chi connectivity index (χ1) is 18.3. The fourth-order valence-corrected chi connectivity index (χ4v) is 4.71. The van der Waals surface area contributed by atoms with Gasteiger partial charge in [0.05, 0.1) is 43.7 Å². The highest BCUT2D eigenvalue weighted by atomic mass is 32.2. The molecule has 4 aromatic rings. The van der Waals surface area contributed by atoms with Crippen molar-refractivity contribution in [2.45, 2.75) is 13.0 Å². The molecule has 13 heteroatoms. The molecule has 0 amide bonds. The number of hydrogen-bond donors (Lipinski definition) is 1. The van der Waals surface area contributed by atoms with E-state index in [0.29, 0.717) is 52.5 Å². The molecule has 0 saturated heterocycles. The van der Waals surface area contributed by atoms with Crippen molar-refractivity contribution in [1.82, 2.24) is 24.5 Å². The highest BCUT2D eigenvalue weighted by Crippen LogP contribution is 2.44. The van der Waals surface area contributed by atoms with Crippen LogP contribution in [0.25, 0.3) is 17.1 Å². The van der Waals surface area contributed by atoms with E-state index in [1.54, 1.807) is 72.7 Å². The maximum absolute atomic E-state index is 12.3. The number of nitrogens with two attached hydrogens (primary N) is 1. The Labute approximate surface area is 219 Å². The van der Waals surface area contributed by atoms with E-state index >= 15 is 0 Å². The molecule has 0 spiro atoms. The number of methoxy groups -OCH3 is 2. The number of sulfonamides is 1. The lowest BCUT2D eigenvalue weighted by Gasteiger charge is -2.33. The predicted molar refractivity (Wildman–Crippen MR) is 141 cm³/mol. The number of benzene rings is 1. The summed E-state index contributed by atoms with van der Waals surface area (Å²) < 4.78 is 42.9. The zero-order valence-electron chi connectivity index (χ0n) is 20.8. The molecule has 0 fully saturated rings. The topological polar surface area (TPSA) is 148 Å². The van der Waals surface area contributed by atoms with E-state index in [4.69, 9.17) is 24.3 Å². The number of rotatable bonds is 8. The van der Waals surface area contributed by atoms with Gasteiger partial charge in [-0.05, 0) is 37.3 Å². The number of ether oxygens (including phenoxy) is 3. The van der Waals surface area contributed by atoms with Gasteiger partial charge in [0.1, 0.15) is 29.3 Å². The quantitative estimate of drug-likeness (QED) is 0.357. The first-order valence-corrected chi connectivity index (χ1v) is 13.1. The monoisotopic (exact) mass is 535 g/mol. The fourth-order valence-electron chi connectivity index (χ4n) is 4.14. The summed E-state index contributed by atoms with van der Waals surface area (Å²) in [6, 6.07) is 10.00. The van der Waals surface area contributed by atoms with Gasteiger partial charge in [-0.1, -0.05) is 12.1 Å². The number of anilines is 1. The van der Waals surface area contributed by atoms with Crippen molar-refractivity contribution in [2.75, 3.05) is 25.7 Å². The second-order valence-electron chi connectivity index (χ2n) is 8.12. The van der Waals surface area contributed by atoms with Crippen LogP contribution in [0.5, 0.6) is 17.4 Å². The van der Waals surface area contributed by atoms with Gasteiger partial charge < -0.3 is 19.1 Å². The van der Waals surface area contributed by atoms with Crippen molar-refractivity contribution in [3.63, 3.8) is 0 Å². The molecular weight excluding hydrogens is 510 g/mol. The number of hydrogen-bond acceptors (Lipinski definition) is 10. The summed E-state index contributed by atoms with van der Waals surface area (Å²) in [6.45, 7) is 2.35. The van der Waals surface area contributed by atoms with Crippen LogP contribution in [0.1, 0.15) is 18.7 Å². The predicted octanol–water partition coefficient (Wildman–Crippen LogP) is 2.87. The SMILES string of the molecule is CCOc1cccc(-n2cnc3ncc(C4C=C(S(N)(=O)=O)C=CN4c4c(OC)cccc4OC)nc32)n1. The summed E-state index contributed by atoms with van der Waals surface area (Å²) in [5.74, 6) is 2.03. The Morgan fingerprint density at radius 3 is 2.45 bits per heavy atom. The largest absolute Gasteiger partial charge is 0.494 e. The Bertz CT molecular complexity index is 1640. The summed E-state index contributed by atoms with van der Waals surface area (Å²) in [6.07, 6.45) is 7.63. The smallest absolute Gasteiger partial charge is 0.237 e.